The van der Waals surface area contributed by atoms with E-state index in [2.05, 4.69) is 25.9 Å². The molecule has 0 aliphatic heterocycles. The maximum absolute atomic E-state index is 12.2. The fraction of sp³-hybridized carbons (Fsp3) is 0.188. The van der Waals surface area contributed by atoms with Crippen LogP contribution in [0.4, 0.5) is 5.69 Å². The van der Waals surface area contributed by atoms with Gasteiger partial charge in [-0.3, -0.25) is 4.40 Å². The van der Waals surface area contributed by atoms with Crippen molar-refractivity contribution in [2.45, 2.75) is 13.5 Å². The maximum atomic E-state index is 12.2. The van der Waals surface area contributed by atoms with Gasteiger partial charge in [0.1, 0.15) is 6.33 Å². The van der Waals surface area contributed by atoms with Crippen molar-refractivity contribution in [3.05, 3.63) is 65.0 Å². The Bertz CT molecular complexity index is 1060. The van der Waals surface area contributed by atoms with Crippen molar-refractivity contribution in [2.24, 2.45) is 0 Å². The number of hydrogen-bond acceptors (Lipinski definition) is 6. The molecule has 25 heavy (non-hydrogen) atoms. The largest absolute Gasteiger partial charge is 0.383 e. The molecular weight excluding hydrogens is 320 g/mol. The van der Waals surface area contributed by atoms with Crippen LogP contribution >= 0.6 is 0 Å². The number of aromatic nitrogens is 7. The first-order valence-electron chi connectivity index (χ1n) is 7.84. The van der Waals surface area contributed by atoms with Gasteiger partial charge in [0.2, 0.25) is 0 Å². The second kappa shape index (κ2) is 6.19. The highest BCUT2D eigenvalue weighted by molar-refractivity contribution is 5.53. The van der Waals surface area contributed by atoms with Crippen LogP contribution in [0.25, 0.3) is 11.3 Å². The molecule has 0 radical (unpaired) electrons. The van der Waals surface area contributed by atoms with Crippen LogP contribution in [0.15, 0.2) is 53.7 Å². The molecule has 9 nitrogen and oxygen atoms in total. The van der Waals surface area contributed by atoms with Crippen LogP contribution in [0, 0.1) is 6.92 Å². The van der Waals surface area contributed by atoms with E-state index in [0.717, 1.165) is 16.9 Å². The highest BCUT2D eigenvalue weighted by atomic mass is 16.2. The van der Waals surface area contributed by atoms with E-state index >= 15 is 0 Å². The van der Waals surface area contributed by atoms with Crippen molar-refractivity contribution in [3.8, 4) is 5.69 Å². The smallest absolute Gasteiger partial charge is 0.350 e. The third-order valence-corrected chi connectivity index (χ3v) is 3.93. The van der Waals surface area contributed by atoms with Gasteiger partial charge in [0, 0.05) is 18.4 Å². The quantitative estimate of drug-likeness (QED) is 0.582. The van der Waals surface area contributed by atoms with E-state index in [0.29, 0.717) is 18.7 Å². The molecule has 0 amide bonds. The number of nitrogens with zero attached hydrogens (tertiary/aromatic N) is 7. The highest BCUT2D eigenvalue weighted by Gasteiger charge is 2.06. The summed E-state index contributed by atoms with van der Waals surface area (Å²) in [6, 6.07) is 11.4. The van der Waals surface area contributed by atoms with Gasteiger partial charge in [-0.15, -0.1) is 10.2 Å². The average Bonchev–Trinajstić information content (AvgIpc) is 3.25. The standard InChI is InChI=1S/C16H16N8O/c1-12-10-13(5-6-14(12)24-11-18-20-21-24)17-7-9-23-16(25)22-8-3-2-4-15(22)19-23/h2-6,8,10-11,17H,7,9H2,1H3. The summed E-state index contributed by atoms with van der Waals surface area (Å²) in [5.74, 6) is 0. The number of fused-ring (bicyclic) bond motifs is 1. The number of pyridine rings is 1. The Labute approximate surface area is 142 Å². The Kier molecular flexibility index (Phi) is 3.73. The van der Waals surface area contributed by atoms with E-state index in [1.54, 1.807) is 17.2 Å². The monoisotopic (exact) mass is 336 g/mol. The lowest BCUT2D eigenvalue weighted by atomic mass is 10.2. The van der Waals surface area contributed by atoms with Crippen LogP contribution in [-0.2, 0) is 6.54 Å². The number of hydrogen-bond donors (Lipinski definition) is 1. The maximum Gasteiger partial charge on any atom is 0.350 e. The van der Waals surface area contributed by atoms with Crippen molar-refractivity contribution < 1.29 is 0 Å². The number of benzene rings is 1. The van der Waals surface area contributed by atoms with E-state index < -0.39 is 0 Å². The zero-order chi connectivity index (χ0) is 17.2. The molecule has 126 valence electrons. The Balaban J connectivity index is 1.45. The molecule has 0 atom stereocenters. The highest BCUT2D eigenvalue weighted by Crippen LogP contribution is 2.17. The summed E-state index contributed by atoms with van der Waals surface area (Å²) >= 11 is 0. The van der Waals surface area contributed by atoms with Gasteiger partial charge in [-0.05, 0) is 53.2 Å². The van der Waals surface area contributed by atoms with Crippen LogP contribution in [0.5, 0.6) is 0 Å². The van der Waals surface area contributed by atoms with Crippen LogP contribution in [0.2, 0.25) is 0 Å². The fourth-order valence-electron chi connectivity index (χ4n) is 2.71. The average molecular weight is 336 g/mol. The minimum atomic E-state index is -0.136. The molecule has 0 aliphatic carbocycles. The second-order valence-electron chi connectivity index (χ2n) is 5.62. The molecule has 0 spiro atoms. The van der Waals surface area contributed by atoms with Crippen molar-refractivity contribution in [2.75, 3.05) is 11.9 Å². The van der Waals surface area contributed by atoms with Crippen molar-refractivity contribution in [3.63, 3.8) is 0 Å². The van der Waals surface area contributed by atoms with Crippen LogP contribution in [0.1, 0.15) is 5.56 Å². The zero-order valence-electron chi connectivity index (χ0n) is 13.6. The first kappa shape index (κ1) is 15.1. The van der Waals surface area contributed by atoms with Gasteiger partial charge in [-0.2, -0.15) is 0 Å². The summed E-state index contributed by atoms with van der Waals surface area (Å²) in [5.41, 5.74) is 3.44. The zero-order valence-corrected chi connectivity index (χ0v) is 13.6. The van der Waals surface area contributed by atoms with E-state index in [1.807, 2.05) is 43.3 Å². The van der Waals surface area contributed by atoms with Crippen molar-refractivity contribution >= 4 is 11.3 Å². The summed E-state index contributed by atoms with van der Waals surface area (Å²) in [4.78, 5) is 12.2. The summed E-state index contributed by atoms with van der Waals surface area (Å²) < 4.78 is 4.62. The summed E-state index contributed by atoms with van der Waals surface area (Å²) in [7, 11) is 0. The third kappa shape index (κ3) is 2.87. The first-order valence-corrected chi connectivity index (χ1v) is 7.84. The molecule has 3 heterocycles. The Morgan fingerprint density at radius 3 is 2.88 bits per heavy atom. The SMILES string of the molecule is Cc1cc(NCCn2nc3ccccn3c2=O)ccc1-n1cnnn1. The molecule has 1 aromatic carbocycles. The molecule has 9 heteroatoms. The van der Waals surface area contributed by atoms with Gasteiger partial charge < -0.3 is 5.32 Å². The molecule has 0 bridgehead atoms. The molecule has 0 aliphatic rings. The molecule has 1 N–H and O–H groups in total. The number of anilines is 1. The lowest BCUT2D eigenvalue weighted by molar-refractivity contribution is 0.614. The van der Waals surface area contributed by atoms with Crippen LogP contribution < -0.4 is 11.0 Å². The molecule has 0 saturated carbocycles. The third-order valence-electron chi connectivity index (χ3n) is 3.93. The molecular formula is C16H16N8O. The van der Waals surface area contributed by atoms with Crippen molar-refractivity contribution in [1.29, 1.82) is 0 Å². The topological polar surface area (TPSA) is 94.9 Å². The fourth-order valence-corrected chi connectivity index (χ4v) is 2.71. The van der Waals surface area contributed by atoms with E-state index in [-0.39, 0.29) is 5.69 Å². The van der Waals surface area contributed by atoms with Gasteiger partial charge >= 0.3 is 5.69 Å². The predicted octanol–water partition coefficient (Wildman–Crippen LogP) is 0.892. The summed E-state index contributed by atoms with van der Waals surface area (Å²) in [6.07, 6.45) is 3.28. The first-order chi connectivity index (χ1) is 12.2. The lowest BCUT2D eigenvalue weighted by Crippen LogP contribution is -2.24. The predicted molar refractivity (Wildman–Crippen MR) is 91.8 cm³/mol. The number of aryl methyl sites for hydroxylation is 1. The van der Waals surface area contributed by atoms with Crippen LogP contribution in [0.3, 0.4) is 0 Å². The van der Waals surface area contributed by atoms with Crippen molar-refractivity contribution in [1.82, 2.24) is 34.4 Å². The Hall–Kier alpha value is -3.49. The normalized spacial score (nSPS) is 11.1. The van der Waals surface area contributed by atoms with Crippen LogP contribution in [-0.4, -0.2) is 40.9 Å². The molecule has 0 saturated heterocycles. The van der Waals surface area contributed by atoms with Gasteiger partial charge in [-0.25, -0.2) is 14.2 Å². The minimum absolute atomic E-state index is 0.136. The van der Waals surface area contributed by atoms with E-state index in [1.165, 1.54) is 9.08 Å². The lowest BCUT2D eigenvalue weighted by Gasteiger charge is -2.09. The van der Waals surface area contributed by atoms with E-state index in [4.69, 9.17) is 0 Å². The number of rotatable bonds is 5. The number of nitrogens with one attached hydrogen (secondary N) is 1. The Morgan fingerprint density at radius 2 is 2.12 bits per heavy atom. The van der Waals surface area contributed by atoms with Gasteiger partial charge in [0.25, 0.3) is 0 Å². The van der Waals surface area contributed by atoms with E-state index in [9.17, 15) is 4.79 Å². The van der Waals surface area contributed by atoms with Gasteiger partial charge in [0.05, 0.1) is 12.2 Å². The molecule has 4 rings (SSSR count). The molecule has 3 aromatic heterocycles. The summed E-state index contributed by atoms with van der Waals surface area (Å²) in [6.45, 7) is 3.07. The second-order valence-corrected chi connectivity index (χ2v) is 5.62. The van der Waals surface area contributed by atoms with Gasteiger partial charge in [0.15, 0.2) is 5.65 Å². The summed E-state index contributed by atoms with van der Waals surface area (Å²) in [5, 5.41) is 18.8. The van der Waals surface area contributed by atoms with Gasteiger partial charge in [-0.1, -0.05) is 6.07 Å². The molecule has 4 aromatic rings. The Morgan fingerprint density at radius 1 is 1.20 bits per heavy atom. The number of tetrazole rings is 1. The molecule has 0 fully saturated rings. The molecule has 0 unspecified atom stereocenters. The minimum Gasteiger partial charge on any atom is -0.383 e.